The van der Waals surface area contributed by atoms with Crippen molar-refractivity contribution in [2.45, 2.75) is 19.5 Å². The molecule has 140 valence electrons. The average Bonchev–Trinajstić information content (AvgIpc) is 3.19. The van der Waals surface area contributed by atoms with E-state index in [1.807, 2.05) is 6.92 Å². The van der Waals surface area contributed by atoms with Crippen LogP contribution in [-0.4, -0.2) is 59.2 Å². The molecular formula is C17H22N4O4S. The quantitative estimate of drug-likeness (QED) is 0.772. The van der Waals surface area contributed by atoms with Gasteiger partial charge in [-0.15, -0.1) is 11.8 Å². The van der Waals surface area contributed by atoms with Crippen molar-refractivity contribution in [1.82, 2.24) is 20.2 Å². The van der Waals surface area contributed by atoms with Crippen molar-refractivity contribution in [2.24, 2.45) is 0 Å². The Bertz CT molecular complexity index is 864. The smallest absolute Gasteiger partial charge is 0.258 e. The fourth-order valence-electron chi connectivity index (χ4n) is 2.89. The number of methoxy groups -OCH3 is 2. The summed E-state index contributed by atoms with van der Waals surface area (Å²) >= 11 is 1.70. The van der Waals surface area contributed by atoms with Crippen LogP contribution in [0, 0.1) is 0 Å². The average molecular weight is 378 g/mol. The van der Waals surface area contributed by atoms with E-state index in [2.05, 4.69) is 15.3 Å². The van der Waals surface area contributed by atoms with Gasteiger partial charge < -0.3 is 19.4 Å². The molecule has 0 aliphatic carbocycles. The maximum Gasteiger partial charge on any atom is 0.258 e. The molecule has 3 rings (SSSR count). The molecule has 1 amide bonds. The minimum Gasteiger partial charge on any atom is -0.493 e. The van der Waals surface area contributed by atoms with E-state index in [9.17, 15) is 9.59 Å². The first kappa shape index (κ1) is 18.5. The molecule has 1 aliphatic heterocycles. The number of fused-ring (bicyclic) bond motifs is 1. The van der Waals surface area contributed by atoms with Crippen LogP contribution in [0.1, 0.15) is 12.7 Å². The van der Waals surface area contributed by atoms with Gasteiger partial charge in [-0.05, 0) is 13.0 Å². The molecule has 2 N–H and O–H groups in total. The van der Waals surface area contributed by atoms with Crippen LogP contribution < -0.4 is 20.3 Å². The second-order valence-electron chi connectivity index (χ2n) is 5.86. The Morgan fingerprint density at radius 1 is 1.35 bits per heavy atom. The van der Waals surface area contributed by atoms with Crippen molar-refractivity contribution < 1.29 is 14.3 Å². The molecule has 8 nitrogen and oxygen atoms in total. The third kappa shape index (κ3) is 3.63. The summed E-state index contributed by atoms with van der Waals surface area (Å²) in [6.45, 7) is 2.69. The van der Waals surface area contributed by atoms with Gasteiger partial charge in [-0.25, -0.2) is 4.98 Å². The maximum absolute atomic E-state index is 12.6. The molecule has 1 aromatic heterocycles. The second-order valence-corrected chi connectivity index (χ2v) is 6.89. The third-order valence-electron chi connectivity index (χ3n) is 4.31. The molecule has 1 unspecified atom stereocenters. The number of nitrogens with one attached hydrogen (secondary N) is 2. The number of ether oxygens (including phenoxy) is 2. The lowest BCUT2D eigenvalue weighted by Gasteiger charge is -2.23. The van der Waals surface area contributed by atoms with Gasteiger partial charge in [-0.2, -0.15) is 0 Å². The number of amides is 1. The number of hydrogen-bond acceptors (Lipinski definition) is 7. The summed E-state index contributed by atoms with van der Waals surface area (Å²) in [4.78, 5) is 34.0. The zero-order valence-corrected chi connectivity index (χ0v) is 15.8. The summed E-state index contributed by atoms with van der Waals surface area (Å²) in [5.74, 6) is 2.97. The number of aromatic nitrogens is 2. The predicted octanol–water partition coefficient (Wildman–Crippen LogP) is 0.951. The summed E-state index contributed by atoms with van der Waals surface area (Å²) < 4.78 is 10.5. The topological polar surface area (TPSA) is 96.6 Å². The standard InChI is InChI=1S/C17H22N4O4S/c1-4-21(17(23)12-8-26-9-18-12)7-15-19-11-6-14(25-3)13(24-2)5-10(11)16(22)20-15/h5-6,12,18H,4,7-9H2,1-3H3,(H,19,20,22). The molecule has 0 radical (unpaired) electrons. The Morgan fingerprint density at radius 2 is 2.08 bits per heavy atom. The first-order valence-corrected chi connectivity index (χ1v) is 9.47. The van der Waals surface area contributed by atoms with Crippen LogP contribution in [0.25, 0.3) is 10.9 Å². The molecule has 9 heteroatoms. The normalized spacial score (nSPS) is 16.7. The van der Waals surface area contributed by atoms with Gasteiger partial charge >= 0.3 is 0 Å². The number of carbonyl (C=O) groups excluding carboxylic acids is 1. The van der Waals surface area contributed by atoms with Gasteiger partial charge in [-0.1, -0.05) is 0 Å². The Hall–Kier alpha value is -2.26. The van der Waals surface area contributed by atoms with E-state index >= 15 is 0 Å². The summed E-state index contributed by atoms with van der Waals surface area (Å²) in [6, 6.07) is 3.09. The molecular weight excluding hydrogens is 356 g/mol. The maximum atomic E-state index is 12.6. The lowest BCUT2D eigenvalue weighted by molar-refractivity contribution is -0.133. The molecule has 26 heavy (non-hydrogen) atoms. The molecule has 0 saturated carbocycles. The Kier molecular flexibility index (Phi) is 5.67. The number of H-pyrrole nitrogens is 1. The van der Waals surface area contributed by atoms with Gasteiger partial charge in [0.2, 0.25) is 5.91 Å². The highest BCUT2D eigenvalue weighted by Crippen LogP contribution is 2.30. The molecule has 1 aliphatic rings. The van der Waals surface area contributed by atoms with E-state index in [1.54, 1.807) is 28.8 Å². The van der Waals surface area contributed by atoms with Crippen LogP contribution in [0.15, 0.2) is 16.9 Å². The first-order valence-electron chi connectivity index (χ1n) is 8.32. The van der Waals surface area contributed by atoms with Gasteiger partial charge in [0.1, 0.15) is 5.82 Å². The van der Waals surface area contributed by atoms with Crippen LogP contribution in [0.5, 0.6) is 11.5 Å². The monoisotopic (exact) mass is 378 g/mol. The molecule has 0 spiro atoms. The van der Waals surface area contributed by atoms with E-state index in [-0.39, 0.29) is 24.1 Å². The molecule has 0 bridgehead atoms. The van der Waals surface area contributed by atoms with Gasteiger partial charge in [-0.3, -0.25) is 14.9 Å². The molecule has 1 aromatic carbocycles. The Balaban J connectivity index is 1.92. The largest absolute Gasteiger partial charge is 0.493 e. The lowest BCUT2D eigenvalue weighted by Crippen LogP contribution is -2.44. The fourth-order valence-corrected chi connectivity index (χ4v) is 3.82. The zero-order chi connectivity index (χ0) is 18.7. The van der Waals surface area contributed by atoms with Gasteiger partial charge in [0.25, 0.3) is 5.56 Å². The summed E-state index contributed by atoms with van der Waals surface area (Å²) in [7, 11) is 3.04. The molecule has 2 heterocycles. The minimum atomic E-state index is -0.274. The number of aromatic amines is 1. The fraction of sp³-hybridized carbons (Fsp3) is 0.471. The highest BCUT2D eigenvalue weighted by atomic mass is 32.2. The third-order valence-corrected chi connectivity index (χ3v) is 5.25. The van der Waals surface area contributed by atoms with Crippen molar-refractivity contribution in [2.75, 3.05) is 32.4 Å². The van der Waals surface area contributed by atoms with Crippen LogP contribution in [0.4, 0.5) is 0 Å². The van der Waals surface area contributed by atoms with E-state index in [0.717, 1.165) is 11.6 Å². The number of benzene rings is 1. The molecule has 1 saturated heterocycles. The number of thioether (sulfide) groups is 1. The first-order chi connectivity index (χ1) is 12.6. The van der Waals surface area contributed by atoms with Gasteiger partial charge in [0, 0.05) is 24.2 Å². The van der Waals surface area contributed by atoms with Crippen molar-refractivity contribution >= 4 is 28.6 Å². The predicted molar refractivity (Wildman–Crippen MR) is 101 cm³/mol. The Labute approximate surface area is 155 Å². The number of carbonyl (C=O) groups is 1. The van der Waals surface area contributed by atoms with Crippen molar-refractivity contribution in [3.8, 4) is 11.5 Å². The van der Waals surface area contributed by atoms with E-state index in [1.165, 1.54) is 14.2 Å². The molecule has 2 aromatic rings. The number of nitrogens with zero attached hydrogens (tertiary/aromatic N) is 2. The molecule has 1 atom stereocenters. The van der Waals surface area contributed by atoms with Crippen molar-refractivity contribution in [1.29, 1.82) is 0 Å². The second kappa shape index (κ2) is 7.96. The van der Waals surface area contributed by atoms with Crippen molar-refractivity contribution in [3.05, 3.63) is 28.3 Å². The van der Waals surface area contributed by atoms with Crippen LogP contribution in [0.2, 0.25) is 0 Å². The zero-order valence-electron chi connectivity index (χ0n) is 15.0. The summed E-state index contributed by atoms with van der Waals surface area (Å²) in [5.41, 5.74) is 0.225. The highest BCUT2D eigenvalue weighted by molar-refractivity contribution is 7.99. The minimum absolute atomic E-state index is 0.0209. The number of likely N-dealkylation sites (N-methyl/N-ethyl adjacent to an activating group) is 1. The lowest BCUT2D eigenvalue weighted by atomic mass is 10.2. The summed E-state index contributed by atoms with van der Waals surface area (Å²) in [6.07, 6.45) is 0. The number of rotatable bonds is 6. The number of hydrogen-bond donors (Lipinski definition) is 2. The highest BCUT2D eigenvalue weighted by Gasteiger charge is 2.27. The van der Waals surface area contributed by atoms with Gasteiger partial charge in [0.05, 0.1) is 37.7 Å². The van der Waals surface area contributed by atoms with E-state index in [0.29, 0.717) is 34.8 Å². The van der Waals surface area contributed by atoms with Crippen LogP contribution >= 0.6 is 11.8 Å². The van der Waals surface area contributed by atoms with Gasteiger partial charge in [0.15, 0.2) is 11.5 Å². The molecule has 1 fully saturated rings. The summed E-state index contributed by atoms with van der Waals surface area (Å²) in [5, 5.41) is 3.59. The van der Waals surface area contributed by atoms with E-state index in [4.69, 9.17) is 9.47 Å². The van der Waals surface area contributed by atoms with E-state index < -0.39 is 0 Å². The van der Waals surface area contributed by atoms with Crippen molar-refractivity contribution in [3.63, 3.8) is 0 Å². The van der Waals surface area contributed by atoms with Crippen LogP contribution in [-0.2, 0) is 11.3 Å². The van der Waals surface area contributed by atoms with Crippen LogP contribution in [0.3, 0.4) is 0 Å². The Morgan fingerprint density at radius 3 is 2.69 bits per heavy atom. The SMILES string of the molecule is CCN(Cc1nc2cc(OC)c(OC)cc2c(=O)[nH]1)C(=O)C1CSCN1.